The largest absolute Gasteiger partial charge is 0.298 e. The van der Waals surface area contributed by atoms with Crippen molar-refractivity contribution in [1.82, 2.24) is 15.5 Å². The molecule has 138 valence electrons. The monoisotopic (exact) mass is 368 g/mol. The van der Waals surface area contributed by atoms with Crippen molar-refractivity contribution in [3.05, 3.63) is 41.2 Å². The van der Waals surface area contributed by atoms with Crippen molar-refractivity contribution in [1.29, 1.82) is 5.26 Å². The Labute approximate surface area is 147 Å². The number of rotatable bonds is 6. The molecule has 0 saturated heterocycles. The van der Waals surface area contributed by atoms with Gasteiger partial charge < -0.3 is 0 Å². The number of benzene rings is 1. The Hall–Kier alpha value is -2.73. The molecule has 0 saturated carbocycles. The number of ketones is 1. The molecule has 1 aromatic carbocycles. The van der Waals surface area contributed by atoms with Gasteiger partial charge in [-0.3, -0.25) is 15.2 Å². The van der Waals surface area contributed by atoms with Gasteiger partial charge in [-0.1, -0.05) is 6.92 Å². The van der Waals surface area contributed by atoms with Gasteiger partial charge in [0.1, 0.15) is 11.3 Å². The molecule has 2 N–H and O–H groups in total. The number of halogens is 4. The molecular formula is C17H16F4N4O. The van der Waals surface area contributed by atoms with Gasteiger partial charge in [-0.15, -0.1) is 0 Å². The van der Waals surface area contributed by atoms with Crippen LogP contribution in [0.4, 0.5) is 17.6 Å². The van der Waals surface area contributed by atoms with Crippen LogP contribution in [-0.4, -0.2) is 22.0 Å². The molecule has 2 atom stereocenters. The Kier molecular flexibility index (Phi) is 5.47. The van der Waals surface area contributed by atoms with Gasteiger partial charge in [0.2, 0.25) is 0 Å². The number of aromatic amines is 1. The van der Waals surface area contributed by atoms with Crippen LogP contribution in [0.5, 0.6) is 0 Å². The summed E-state index contributed by atoms with van der Waals surface area (Å²) in [7, 11) is 0. The molecule has 0 bridgehead atoms. The maximum absolute atomic E-state index is 14.6. The first-order valence-corrected chi connectivity index (χ1v) is 7.72. The number of hydrogen-bond donors (Lipinski definition) is 2. The molecule has 2 rings (SSSR count). The van der Waals surface area contributed by atoms with Gasteiger partial charge in [0, 0.05) is 11.8 Å². The van der Waals surface area contributed by atoms with Gasteiger partial charge in [-0.05, 0) is 20.3 Å². The van der Waals surface area contributed by atoms with E-state index in [0.717, 1.165) is 19.3 Å². The number of hydrogen-bond acceptors (Lipinski definition) is 4. The second-order valence-corrected chi connectivity index (χ2v) is 5.95. The minimum absolute atomic E-state index is 0.189. The SMILES string of the molecule is CCC(NC(C)(C#N)c1c(F)c(F)c(-c2cn[nH]c2)c(F)c1F)C(C)=O. The van der Waals surface area contributed by atoms with Crippen LogP contribution < -0.4 is 5.32 Å². The molecule has 9 heteroatoms. The van der Waals surface area contributed by atoms with Crippen LogP contribution in [0.25, 0.3) is 11.1 Å². The van der Waals surface area contributed by atoms with E-state index in [1.54, 1.807) is 13.0 Å². The summed E-state index contributed by atoms with van der Waals surface area (Å²) in [6, 6.07) is 0.691. The van der Waals surface area contributed by atoms with E-state index in [1.165, 1.54) is 6.92 Å². The molecule has 0 amide bonds. The van der Waals surface area contributed by atoms with Crippen molar-refractivity contribution < 1.29 is 22.4 Å². The van der Waals surface area contributed by atoms with Gasteiger partial charge in [-0.2, -0.15) is 10.4 Å². The molecular weight excluding hydrogens is 352 g/mol. The molecule has 0 spiro atoms. The number of Topliss-reactive ketones (excluding diaryl/α,β-unsaturated/α-hetero) is 1. The lowest BCUT2D eigenvalue weighted by atomic mass is 9.88. The van der Waals surface area contributed by atoms with Crippen LogP contribution in [-0.2, 0) is 10.3 Å². The summed E-state index contributed by atoms with van der Waals surface area (Å²) in [6.45, 7) is 3.90. The van der Waals surface area contributed by atoms with Gasteiger partial charge in [0.15, 0.2) is 23.3 Å². The highest BCUT2D eigenvalue weighted by Crippen LogP contribution is 2.36. The lowest BCUT2D eigenvalue weighted by molar-refractivity contribution is -0.119. The van der Waals surface area contributed by atoms with Gasteiger partial charge in [0.05, 0.1) is 29.4 Å². The van der Waals surface area contributed by atoms with Crippen LogP contribution in [0, 0.1) is 34.6 Å². The number of nitriles is 1. The van der Waals surface area contributed by atoms with Crippen molar-refractivity contribution in [3.8, 4) is 17.2 Å². The van der Waals surface area contributed by atoms with Crippen LogP contribution >= 0.6 is 0 Å². The standard InChI is InChI=1S/C17H16F4N4O/c1-4-10(8(2)26)25-17(3,7-22)12-15(20)13(18)11(14(19)16(12)21)9-5-23-24-6-9/h5-6,10,25H,4H2,1-3H3,(H,23,24). The highest BCUT2D eigenvalue weighted by Gasteiger charge is 2.40. The highest BCUT2D eigenvalue weighted by atomic mass is 19.2. The second-order valence-electron chi connectivity index (χ2n) is 5.95. The topological polar surface area (TPSA) is 81.6 Å². The quantitative estimate of drug-likeness (QED) is 0.605. The van der Waals surface area contributed by atoms with E-state index >= 15 is 0 Å². The maximum atomic E-state index is 14.6. The molecule has 26 heavy (non-hydrogen) atoms. The first-order chi connectivity index (χ1) is 12.2. The highest BCUT2D eigenvalue weighted by molar-refractivity contribution is 5.81. The smallest absolute Gasteiger partial charge is 0.170 e. The van der Waals surface area contributed by atoms with Gasteiger partial charge in [0.25, 0.3) is 0 Å². The third kappa shape index (κ3) is 3.20. The van der Waals surface area contributed by atoms with Gasteiger partial charge in [-0.25, -0.2) is 17.6 Å². The molecule has 0 fully saturated rings. The number of carbonyl (C=O) groups is 1. The van der Waals surface area contributed by atoms with Crippen molar-refractivity contribution >= 4 is 5.78 Å². The molecule has 0 aliphatic heterocycles. The average molecular weight is 368 g/mol. The summed E-state index contributed by atoms with van der Waals surface area (Å²) < 4.78 is 58.3. The van der Waals surface area contributed by atoms with E-state index in [-0.39, 0.29) is 17.8 Å². The number of carbonyl (C=O) groups excluding carboxylic acids is 1. The summed E-state index contributed by atoms with van der Waals surface area (Å²) in [5, 5.41) is 17.7. The first kappa shape index (κ1) is 19.6. The van der Waals surface area contributed by atoms with Crippen LogP contribution in [0.15, 0.2) is 12.4 Å². The van der Waals surface area contributed by atoms with E-state index in [2.05, 4.69) is 15.5 Å². The normalized spacial score (nSPS) is 14.5. The predicted molar refractivity (Wildman–Crippen MR) is 84.7 cm³/mol. The minimum atomic E-state index is -2.17. The van der Waals surface area contributed by atoms with Crippen molar-refractivity contribution in [2.45, 2.75) is 38.8 Å². The fourth-order valence-corrected chi connectivity index (χ4v) is 2.71. The predicted octanol–water partition coefficient (Wildman–Crippen LogP) is 3.33. The third-order valence-corrected chi connectivity index (χ3v) is 4.14. The Balaban J connectivity index is 2.69. The average Bonchev–Trinajstić information content (AvgIpc) is 3.12. The Bertz CT molecular complexity index is 847. The minimum Gasteiger partial charge on any atom is -0.298 e. The molecule has 0 aliphatic carbocycles. The zero-order chi connectivity index (χ0) is 19.6. The molecule has 1 aromatic heterocycles. The summed E-state index contributed by atoms with van der Waals surface area (Å²) in [4.78, 5) is 11.6. The molecule has 2 unspecified atom stereocenters. The van der Waals surface area contributed by atoms with E-state index in [4.69, 9.17) is 0 Å². The number of aromatic nitrogens is 2. The number of H-pyrrole nitrogens is 1. The third-order valence-electron chi connectivity index (χ3n) is 4.14. The van der Waals surface area contributed by atoms with E-state index in [9.17, 15) is 27.6 Å². The summed E-state index contributed by atoms with van der Waals surface area (Å²) in [5.74, 6) is -7.12. The van der Waals surface area contributed by atoms with Gasteiger partial charge >= 0.3 is 0 Å². The summed E-state index contributed by atoms with van der Waals surface area (Å²) in [5.41, 5.74) is -4.42. The lowest BCUT2D eigenvalue weighted by Gasteiger charge is -2.29. The summed E-state index contributed by atoms with van der Waals surface area (Å²) in [6.07, 6.45) is 2.29. The Morgan fingerprint density at radius 2 is 1.88 bits per heavy atom. The van der Waals surface area contributed by atoms with E-state index in [1.807, 2.05) is 0 Å². The van der Waals surface area contributed by atoms with E-state index < -0.39 is 46.0 Å². The lowest BCUT2D eigenvalue weighted by Crippen LogP contribution is -2.49. The summed E-state index contributed by atoms with van der Waals surface area (Å²) >= 11 is 0. The fraction of sp³-hybridized carbons (Fsp3) is 0.353. The maximum Gasteiger partial charge on any atom is 0.170 e. The first-order valence-electron chi connectivity index (χ1n) is 7.72. The molecule has 0 aliphatic rings. The Morgan fingerprint density at radius 3 is 2.27 bits per heavy atom. The van der Waals surface area contributed by atoms with Crippen LogP contribution in [0.1, 0.15) is 32.8 Å². The molecule has 5 nitrogen and oxygen atoms in total. The number of nitrogens with one attached hydrogen (secondary N) is 2. The Morgan fingerprint density at radius 1 is 1.31 bits per heavy atom. The zero-order valence-corrected chi connectivity index (χ0v) is 14.3. The molecule has 1 heterocycles. The van der Waals surface area contributed by atoms with Crippen molar-refractivity contribution in [2.75, 3.05) is 0 Å². The fourth-order valence-electron chi connectivity index (χ4n) is 2.71. The van der Waals surface area contributed by atoms with Crippen molar-refractivity contribution in [2.24, 2.45) is 0 Å². The van der Waals surface area contributed by atoms with E-state index in [0.29, 0.717) is 0 Å². The van der Waals surface area contributed by atoms with Crippen LogP contribution in [0.3, 0.4) is 0 Å². The second kappa shape index (κ2) is 7.25. The van der Waals surface area contributed by atoms with Crippen LogP contribution in [0.2, 0.25) is 0 Å². The number of nitrogens with zero attached hydrogens (tertiary/aromatic N) is 2. The molecule has 0 radical (unpaired) electrons. The molecule has 2 aromatic rings. The van der Waals surface area contributed by atoms with Crippen molar-refractivity contribution in [3.63, 3.8) is 0 Å². The zero-order valence-electron chi connectivity index (χ0n) is 14.3.